The molecule has 6 nitrogen and oxygen atoms in total. The molecular formula is C12H18F3N3O3S. The maximum atomic E-state index is 12.6. The Hall–Kier alpha value is -1.13. The highest BCUT2D eigenvalue weighted by Crippen LogP contribution is 2.29. The number of hydrogen-bond donors (Lipinski definition) is 0. The van der Waals surface area contributed by atoms with Crippen LogP contribution in [0.3, 0.4) is 0 Å². The predicted octanol–water partition coefficient (Wildman–Crippen LogP) is 1.73. The van der Waals surface area contributed by atoms with Gasteiger partial charge in [0.15, 0.2) is 0 Å². The van der Waals surface area contributed by atoms with E-state index in [1.807, 2.05) is 0 Å². The summed E-state index contributed by atoms with van der Waals surface area (Å²) in [5.74, 6) is 0. The molecule has 1 aliphatic heterocycles. The van der Waals surface area contributed by atoms with Gasteiger partial charge in [-0.2, -0.15) is 9.40 Å². The quantitative estimate of drug-likeness (QED) is 0.840. The molecule has 2 rings (SSSR count). The van der Waals surface area contributed by atoms with E-state index in [2.05, 4.69) is 9.84 Å². The third-order valence-electron chi connectivity index (χ3n) is 3.74. The van der Waals surface area contributed by atoms with E-state index in [-0.39, 0.29) is 30.8 Å². The van der Waals surface area contributed by atoms with Crippen molar-refractivity contribution in [3.8, 4) is 0 Å². The average molecular weight is 341 g/mol. The fraction of sp³-hybridized carbons (Fsp3) is 0.750. The molecule has 0 amide bonds. The first-order valence-corrected chi connectivity index (χ1v) is 8.21. The Bertz CT molecular complexity index is 647. The number of piperidine rings is 1. The highest BCUT2D eigenvalue weighted by Gasteiger charge is 2.38. The van der Waals surface area contributed by atoms with Gasteiger partial charge in [-0.25, -0.2) is 8.42 Å². The van der Waals surface area contributed by atoms with Crippen LogP contribution in [-0.2, 0) is 21.8 Å². The van der Waals surface area contributed by atoms with Crippen LogP contribution in [-0.4, -0.2) is 48.1 Å². The number of alkyl halides is 3. The lowest BCUT2D eigenvalue weighted by Gasteiger charge is -2.31. The van der Waals surface area contributed by atoms with Crippen molar-refractivity contribution in [3.63, 3.8) is 0 Å². The van der Waals surface area contributed by atoms with Gasteiger partial charge in [0.25, 0.3) is 0 Å². The van der Waals surface area contributed by atoms with Crippen molar-refractivity contribution in [2.45, 2.75) is 44.1 Å². The predicted molar refractivity (Wildman–Crippen MR) is 71.6 cm³/mol. The van der Waals surface area contributed by atoms with Gasteiger partial charge in [-0.3, -0.25) is 9.42 Å². The van der Waals surface area contributed by atoms with E-state index >= 15 is 0 Å². The van der Waals surface area contributed by atoms with E-state index < -0.39 is 22.5 Å². The molecule has 0 radical (unpaired) electrons. The average Bonchev–Trinajstić information content (AvgIpc) is 2.62. The minimum absolute atomic E-state index is 0.00312. The van der Waals surface area contributed by atoms with Gasteiger partial charge < -0.3 is 0 Å². The van der Waals surface area contributed by atoms with Gasteiger partial charge in [-0.15, -0.1) is 13.2 Å². The second-order valence-electron chi connectivity index (χ2n) is 5.29. The molecule has 1 aromatic rings. The van der Waals surface area contributed by atoms with E-state index in [1.165, 1.54) is 8.99 Å². The Balaban J connectivity index is 2.13. The van der Waals surface area contributed by atoms with Crippen molar-refractivity contribution in [3.05, 3.63) is 11.4 Å². The van der Waals surface area contributed by atoms with E-state index in [9.17, 15) is 21.6 Å². The lowest BCUT2D eigenvalue weighted by Crippen LogP contribution is -2.42. The summed E-state index contributed by atoms with van der Waals surface area (Å²) in [5.41, 5.74) is 0.889. The van der Waals surface area contributed by atoms with Crippen LogP contribution in [0.15, 0.2) is 4.90 Å². The summed E-state index contributed by atoms with van der Waals surface area (Å²) < 4.78 is 68.5. The molecule has 0 atom stereocenters. The largest absolute Gasteiger partial charge is 0.522 e. The first kappa shape index (κ1) is 17.2. The second-order valence-corrected chi connectivity index (χ2v) is 7.17. The maximum Gasteiger partial charge on any atom is 0.522 e. The molecule has 126 valence electrons. The number of aryl methyl sites for hydroxylation is 2. The molecule has 22 heavy (non-hydrogen) atoms. The minimum Gasteiger partial charge on any atom is -0.288 e. The Labute approximate surface area is 126 Å². The zero-order valence-electron chi connectivity index (χ0n) is 12.5. The summed E-state index contributed by atoms with van der Waals surface area (Å²) in [7, 11) is -2.11. The van der Waals surface area contributed by atoms with Crippen molar-refractivity contribution >= 4 is 10.0 Å². The lowest BCUT2D eigenvalue weighted by molar-refractivity contribution is -0.345. The van der Waals surface area contributed by atoms with Gasteiger partial charge >= 0.3 is 6.36 Å². The van der Waals surface area contributed by atoms with Crippen LogP contribution in [0.25, 0.3) is 0 Å². The van der Waals surface area contributed by atoms with Crippen molar-refractivity contribution in [2.24, 2.45) is 7.05 Å². The van der Waals surface area contributed by atoms with Crippen molar-refractivity contribution in [2.75, 3.05) is 13.1 Å². The third kappa shape index (κ3) is 3.44. The normalized spacial score (nSPS) is 18.8. The molecule has 0 spiro atoms. The molecule has 2 heterocycles. The molecule has 0 N–H and O–H groups in total. The fourth-order valence-electron chi connectivity index (χ4n) is 2.64. The zero-order valence-corrected chi connectivity index (χ0v) is 13.3. The van der Waals surface area contributed by atoms with E-state index in [0.717, 1.165) is 0 Å². The third-order valence-corrected chi connectivity index (χ3v) is 5.89. The number of ether oxygens (including phenoxy) is 1. The number of sulfonamides is 1. The van der Waals surface area contributed by atoms with Crippen LogP contribution in [0.5, 0.6) is 0 Å². The summed E-state index contributed by atoms with van der Waals surface area (Å²) in [4.78, 5) is 0.130. The van der Waals surface area contributed by atoms with Crippen LogP contribution in [0.2, 0.25) is 0 Å². The number of halogens is 3. The summed E-state index contributed by atoms with van der Waals surface area (Å²) in [5, 5.41) is 4.07. The van der Waals surface area contributed by atoms with E-state index in [1.54, 1.807) is 20.9 Å². The molecular weight excluding hydrogens is 323 g/mol. The van der Waals surface area contributed by atoms with Crippen LogP contribution < -0.4 is 0 Å². The van der Waals surface area contributed by atoms with Gasteiger partial charge in [-0.05, 0) is 26.7 Å². The Morgan fingerprint density at radius 2 is 1.77 bits per heavy atom. The van der Waals surface area contributed by atoms with Crippen LogP contribution >= 0.6 is 0 Å². The highest BCUT2D eigenvalue weighted by atomic mass is 32.2. The standard InChI is InChI=1S/C12H18F3N3O3S/c1-8-11(9(2)17(3)16-8)22(19,20)18-6-4-10(5-7-18)21-12(13,14)15/h10H,4-7H2,1-3H3. The fourth-order valence-corrected chi connectivity index (χ4v) is 4.51. The summed E-state index contributed by atoms with van der Waals surface area (Å²) >= 11 is 0. The molecule has 0 saturated carbocycles. The summed E-state index contributed by atoms with van der Waals surface area (Å²) in [6.45, 7) is 3.24. The molecule has 0 aromatic carbocycles. The second kappa shape index (κ2) is 5.82. The monoisotopic (exact) mass is 341 g/mol. The van der Waals surface area contributed by atoms with E-state index in [4.69, 9.17) is 0 Å². The minimum atomic E-state index is -4.69. The van der Waals surface area contributed by atoms with Crippen LogP contribution in [0.4, 0.5) is 13.2 Å². The highest BCUT2D eigenvalue weighted by molar-refractivity contribution is 7.89. The zero-order chi connectivity index (χ0) is 16.7. The van der Waals surface area contributed by atoms with Gasteiger partial charge in [0, 0.05) is 20.1 Å². The molecule has 0 unspecified atom stereocenters. The number of rotatable bonds is 3. The first-order valence-electron chi connectivity index (χ1n) is 6.77. The molecule has 1 aliphatic rings. The van der Waals surface area contributed by atoms with Crippen molar-refractivity contribution < 1.29 is 26.3 Å². The number of aromatic nitrogens is 2. The lowest BCUT2D eigenvalue weighted by atomic mass is 10.1. The Morgan fingerprint density at radius 1 is 1.23 bits per heavy atom. The summed E-state index contributed by atoms with van der Waals surface area (Å²) in [6, 6.07) is 0. The van der Waals surface area contributed by atoms with E-state index in [0.29, 0.717) is 11.4 Å². The maximum absolute atomic E-state index is 12.6. The van der Waals surface area contributed by atoms with Gasteiger partial charge in [0.2, 0.25) is 10.0 Å². The molecule has 10 heteroatoms. The summed E-state index contributed by atoms with van der Waals surface area (Å²) in [6.07, 6.45) is -5.67. The molecule has 1 saturated heterocycles. The van der Waals surface area contributed by atoms with Gasteiger partial charge in [0.1, 0.15) is 4.90 Å². The SMILES string of the molecule is Cc1nn(C)c(C)c1S(=O)(=O)N1CCC(OC(F)(F)F)CC1. The topological polar surface area (TPSA) is 64.4 Å². The number of nitrogens with zero attached hydrogens (tertiary/aromatic N) is 3. The van der Waals surface area contributed by atoms with Gasteiger partial charge in [-0.1, -0.05) is 0 Å². The van der Waals surface area contributed by atoms with Gasteiger partial charge in [0.05, 0.1) is 17.5 Å². The van der Waals surface area contributed by atoms with Crippen molar-refractivity contribution in [1.82, 2.24) is 14.1 Å². The molecule has 0 bridgehead atoms. The molecule has 0 aliphatic carbocycles. The smallest absolute Gasteiger partial charge is 0.288 e. The first-order chi connectivity index (χ1) is 10.0. The molecule has 1 fully saturated rings. The Kier molecular flexibility index (Phi) is 4.56. The molecule has 1 aromatic heterocycles. The van der Waals surface area contributed by atoms with Crippen LogP contribution in [0, 0.1) is 13.8 Å². The Morgan fingerprint density at radius 3 is 2.18 bits per heavy atom. The number of hydrogen-bond acceptors (Lipinski definition) is 4. The van der Waals surface area contributed by atoms with Crippen molar-refractivity contribution in [1.29, 1.82) is 0 Å². The van der Waals surface area contributed by atoms with Crippen LogP contribution in [0.1, 0.15) is 24.2 Å².